The van der Waals surface area contributed by atoms with E-state index in [0.29, 0.717) is 11.1 Å². The van der Waals surface area contributed by atoms with Gasteiger partial charge >= 0.3 is 6.09 Å². The molecule has 0 spiro atoms. The SMILES string of the molecule is C#Cc1ccccc1C(C(=O)NCc1ccccc1)N(C(=O)C(NC(=O)OC(C)(C)C)C(C)C)C(C)C. The van der Waals surface area contributed by atoms with Gasteiger partial charge in [-0.3, -0.25) is 9.59 Å². The zero-order valence-electron chi connectivity index (χ0n) is 22.9. The second-order valence-electron chi connectivity index (χ2n) is 10.5. The standard InChI is InChI=1S/C30H39N3O4/c1-9-23-17-13-14-18-24(23)26(27(34)31-19-22-15-11-10-12-16-22)33(21(4)5)28(35)25(20(2)3)32-29(36)37-30(6,7)8/h1,10-18,20-21,25-26H,19H2,2-8H3,(H,31,34)(H,32,36). The van der Waals surface area contributed by atoms with Crippen molar-refractivity contribution in [3.05, 3.63) is 71.3 Å². The first-order valence-corrected chi connectivity index (χ1v) is 12.5. The Kier molecular flexibility index (Phi) is 10.3. The largest absolute Gasteiger partial charge is 0.444 e. The van der Waals surface area contributed by atoms with Crippen LogP contribution in [0.5, 0.6) is 0 Å². The molecule has 2 atom stereocenters. The summed E-state index contributed by atoms with van der Waals surface area (Å²) in [6, 6.07) is 14.3. The highest BCUT2D eigenvalue weighted by Crippen LogP contribution is 2.28. The number of hydrogen-bond acceptors (Lipinski definition) is 4. The Labute approximate surface area is 221 Å². The van der Waals surface area contributed by atoms with Crippen LogP contribution < -0.4 is 10.6 Å². The molecule has 37 heavy (non-hydrogen) atoms. The third kappa shape index (κ3) is 8.38. The van der Waals surface area contributed by atoms with Crippen LogP contribution in [0.2, 0.25) is 0 Å². The van der Waals surface area contributed by atoms with Gasteiger partial charge in [-0.15, -0.1) is 6.42 Å². The van der Waals surface area contributed by atoms with Gasteiger partial charge in [0.15, 0.2) is 0 Å². The lowest BCUT2D eigenvalue weighted by Crippen LogP contribution is -2.56. The van der Waals surface area contributed by atoms with E-state index in [-0.39, 0.29) is 24.4 Å². The monoisotopic (exact) mass is 505 g/mol. The first kappa shape index (κ1) is 29.4. The molecule has 2 rings (SSSR count). The lowest BCUT2D eigenvalue weighted by Gasteiger charge is -2.38. The Morgan fingerprint density at radius 3 is 2.11 bits per heavy atom. The van der Waals surface area contributed by atoms with E-state index in [0.717, 1.165) is 5.56 Å². The molecule has 2 aromatic carbocycles. The Balaban J connectivity index is 2.50. The minimum absolute atomic E-state index is 0.267. The maximum atomic E-state index is 14.0. The van der Waals surface area contributed by atoms with E-state index in [2.05, 4.69) is 16.6 Å². The molecular weight excluding hydrogens is 466 g/mol. The second-order valence-corrected chi connectivity index (χ2v) is 10.5. The van der Waals surface area contributed by atoms with E-state index in [1.54, 1.807) is 45.0 Å². The van der Waals surface area contributed by atoms with Crippen molar-refractivity contribution in [2.45, 2.75) is 78.7 Å². The summed E-state index contributed by atoms with van der Waals surface area (Å²) in [7, 11) is 0. The van der Waals surface area contributed by atoms with E-state index >= 15 is 0 Å². The Bertz CT molecular complexity index is 1110. The second kappa shape index (κ2) is 13.0. The van der Waals surface area contributed by atoms with Gasteiger partial charge in [0.25, 0.3) is 0 Å². The third-order valence-electron chi connectivity index (χ3n) is 5.66. The van der Waals surface area contributed by atoms with Crippen molar-refractivity contribution in [3.63, 3.8) is 0 Å². The predicted molar refractivity (Wildman–Crippen MR) is 145 cm³/mol. The van der Waals surface area contributed by atoms with Crippen molar-refractivity contribution in [3.8, 4) is 12.3 Å². The summed E-state index contributed by atoms with van der Waals surface area (Å²) in [6.07, 6.45) is 5.08. The normalized spacial score (nSPS) is 12.9. The number of hydrogen-bond donors (Lipinski definition) is 2. The van der Waals surface area contributed by atoms with Crippen molar-refractivity contribution < 1.29 is 19.1 Å². The van der Waals surface area contributed by atoms with Crippen molar-refractivity contribution in [2.24, 2.45) is 5.92 Å². The van der Waals surface area contributed by atoms with E-state index < -0.39 is 29.7 Å². The van der Waals surface area contributed by atoms with Crippen molar-refractivity contribution in [1.82, 2.24) is 15.5 Å². The average molecular weight is 506 g/mol. The molecule has 0 aliphatic heterocycles. The summed E-state index contributed by atoms with van der Waals surface area (Å²) >= 11 is 0. The molecule has 0 bridgehead atoms. The Morgan fingerprint density at radius 1 is 0.973 bits per heavy atom. The number of carbonyl (C=O) groups is 3. The topological polar surface area (TPSA) is 87.7 Å². The van der Waals surface area contributed by atoms with Crippen LogP contribution in [0.15, 0.2) is 54.6 Å². The summed E-state index contributed by atoms with van der Waals surface area (Å²) in [5.74, 6) is 1.61. The van der Waals surface area contributed by atoms with Gasteiger partial charge in [0.1, 0.15) is 17.7 Å². The minimum atomic E-state index is -1.01. The van der Waals surface area contributed by atoms with Crippen LogP contribution in [0.3, 0.4) is 0 Å². The fourth-order valence-corrected chi connectivity index (χ4v) is 3.95. The molecule has 0 aliphatic carbocycles. The molecule has 0 saturated carbocycles. The maximum absolute atomic E-state index is 14.0. The molecule has 0 saturated heterocycles. The van der Waals surface area contributed by atoms with Crippen molar-refractivity contribution in [2.75, 3.05) is 0 Å². The van der Waals surface area contributed by atoms with Crippen LogP contribution in [0, 0.1) is 18.3 Å². The highest BCUT2D eigenvalue weighted by atomic mass is 16.6. The zero-order chi connectivity index (χ0) is 27.8. The predicted octanol–water partition coefficient (Wildman–Crippen LogP) is 4.81. The molecule has 7 heteroatoms. The number of nitrogens with one attached hydrogen (secondary N) is 2. The number of amides is 3. The van der Waals surface area contributed by atoms with E-state index in [4.69, 9.17) is 11.2 Å². The van der Waals surface area contributed by atoms with E-state index in [9.17, 15) is 14.4 Å². The molecule has 2 aromatic rings. The number of carbonyl (C=O) groups excluding carboxylic acids is 3. The molecule has 0 aromatic heterocycles. The minimum Gasteiger partial charge on any atom is -0.444 e. The fraction of sp³-hybridized carbons (Fsp3) is 0.433. The zero-order valence-corrected chi connectivity index (χ0v) is 22.9. The number of nitrogens with zero attached hydrogens (tertiary/aromatic N) is 1. The molecule has 3 amide bonds. The van der Waals surface area contributed by atoms with Crippen molar-refractivity contribution in [1.29, 1.82) is 0 Å². The first-order chi connectivity index (χ1) is 17.4. The van der Waals surface area contributed by atoms with Gasteiger partial charge in [-0.1, -0.05) is 68.3 Å². The molecule has 2 unspecified atom stereocenters. The molecule has 0 aliphatic rings. The van der Waals surface area contributed by atoms with E-state index in [1.807, 2.05) is 58.0 Å². The van der Waals surface area contributed by atoms with Crippen LogP contribution in [0.1, 0.15) is 71.2 Å². The van der Waals surface area contributed by atoms with Crippen LogP contribution in [0.25, 0.3) is 0 Å². The van der Waals surface area contributed by atoms with Crippen LogP contribution >= 0.6 is 0 Å². The fourth-order valence-electron chi connectivity index (χ4n) is 3.95. The highest BCUT2D eigenvalue weighted by molar-refractivity contribution is 5.92. The molecule has 7 nitrogen and oxygen atoms in total. The van der Waals surface area contributed by atoms with Gasteiger partial charge in [0.05, 0.1) is 0 Å². The van der Waals surface area contributed by atoms with Gasteiger partial charge in [-0.2, -0.15) is 0 Å². The van der Waals surface area contributed by atoms with Gasteiger partial charge < -0.3 is 20.3 Å². The number of ether oxygens (including phenoxy) is 1. The lowest BCUT2D eigenvalue weighted by atomic mass is 9.94. The van der Waals surface area contributed by atoms with Crippen molar-refractivity contribution >= 4 is 17.9 Å². The van der Waals surface area contributed by atoms with Gasteiger partial charge in [-0.05, 0) is 57.7 Å². The Hall–Kier alpha value is -3.79. The highest BCUT2D eigenvalue weighted by Gasteiger charge is 2.39. The number of benzene rings is 2. The van der Waals surface area contributed by atoms with E-state index in [1.165, 1.54) is 4.90 Å². The molecule has 0 heterocycles. The summed E-state index contributed by atoms with van der Waals surface area (Å²) < 4.78 is 5.40. The number of rotatable bonds is 9. The average Bonchev–Trinajstić information content (AvgIpc) is 2.83. The molecule has 0 fully saturated rings. The summed E-state index contributed by atoms with van der Waals surface area (Å²) in [5.41, 5.74) is 1.26. The van der Waals surface area contributed by atoms with Gasteiger partial charge in [0, 0.05) is 18.2 Å². The van der Waals surface area contributed by atoms with Crippen LogP contribution in [0.4, 0.5) is 4.79 Å². The smallest absolute Gasteiger partial charge is 0.408 e. The molecule has 198 valence electrons. The molecule has 0 radical (unpaired) electrons. The third-order valence-corrected chi connectivity index (χ3v) is 5.66. The summed E-state index contributed by atoms with van der Waals surface area (Å²) in [4.78, 5) is 41.9. The molecule has 2 N–H and O–H groups in total. The van der Waals surface area contributed by atoms with Gasteiger partial charge in [-0.25, -0.2) is 4.79 Å². The molecular formula is C30H39N3O4. The quantitative estimate of drug-likeness (QED) is 0.479. The lowest BCUT2D eigenvalue weighted by molar-refractivity contribution is -0.145. The maximum Gasteiger partial charge on any atom is 0.408 e. The Morgan fingerprint density at radius 2 is 1.57 bits per heavy atom. The first-order valence-electron chi connectivity index (χ1n) is 12.5. The van der Waals surface area contributed by atoms with Crippen LogP contribution in [-0.2, 0) is 20.9 Å². The summed E-state index contributed by atoms with van der Waals surface area (Å²) in [5, 5.41) is 5.68. The number of alkyl carbamates (subject to hydrolysis) is 1. The van der Waals surface area contributed by atoms with Crippen LogP contribution in [-0.4, -0.2) is 40.5 Å². The number of terminal acetylenes is 1. The van der Waals surface area contributed by atoms with Gasteiger partial charge in [0.2, 0.25) is 11.8 Å². The summed E-state index contributed by atoms with van der Waals surface area (Å²) in [6.45, 7) is 12.9.